The third-order valence-corrected chi connectivity index (χ3v) is 7.73. The lowest BCUT2D eigenvalue weighted by atomic mass is 9.75. The monoisotopic (exact) mass is 421 g/mol. The van der Waals surface area contributed by atoms with Crippen LogP contribution in [-0.2, 0) is 24.3 Å². The summed E-state index contributed by atoms with van der Waals surface area (Å²) >= 11 is 0. The Bertz CT molecular complexity index is 860. The standard InChI is InChI=1S/C25H35N5O/c31-25(26-15-20-9-5-2-6-10-20)24-18-29-12-11-21(24)14-23(29)17-30-16-22(27-28-30)13-19-7-3-1-4-8-19/h2,5-6,9-10,16,19,21,23-24H,1,3-4,7-8,11-15,17-18H2,(H,26,31). The van der Waals surface area contributed by atoms with Gasteiger partial charge in [-0.2, -0.15) is 0 Å². The van der Waals surface area contributed by atoms with Gasteiger partial charge in [-0.15, -0.1) is 5.10 Å². The van der Waals surface area contributed by atoms with Crippen molar-refractivity contribution in [3.63, 3.8) is 0 Å². The lowest BCUT2D eigenvalue weighted by Gasteiger charge is -2.49. The van der Waals surface area contributed by atoms with Crippen LogP contribution in [0.2, 0.25) is 0 Å². The maximum absolute atomic E-state index is 12.9. The average Bonchev–Trinajstić information content (AvgIpc) is 3.26. The van der Waals surface area contributed by atoms with Crippen LogP contribution in [-0.4, -0.2) is 44.9 Å². The van der Waals surface area contributed by atoms with E-state index in [0.717, 1.165) is 56.1 Å². The molecule has 4 heterocycles. The molecule has 1 amide bonds. The molecule has 1 N–H and O–H groups in total. The number of hydrogen-bond acceptors (Lipinski definition) is 4. The van der Waals surface area contributed by atoms with Crippen LogP contribution in [0, 0.1) is 17.8 Å². The van der Waals surface area contributed by atoms with E-state index in [1.165, 1.54) is 32.1 Å². The van der Waals surface area contributed by atoms with E-state index in [2.05, 4.69) is 38.9 Å². The van der Waals surface area contributed by atoms with Gasteiger partial charge < -0.3 is 5.32 Å². The van der Waals surface area contributed by atoms with Gasteiger partial charge in [0.25, 0.3) is 0 Å². The molecule has 166 valence electrons. The summed E-state index contributed by atoms with van der Waals surface area (Å²) in [6, 6.07) is 10.6. The van der Waals surface area contributed by atoms with Gasteiger partial charge in [0.2, 0.25) is 5.91 Å². The second-order valence-corrected chi connectivity index (χ2v) is 9.88. The maximum Gasteiger partial charge on any atom is 0.224 e. The number of amides is 1. The topological polar surface area (TPSA) is 63.1 Å². The second kappa shape index (κ2) is 9.51. The fourth-order valence-electron chi connectivity index (χ4n) is 5.97. The zero-order valence-electron chi connectivity index (χ0n) is 18.5. The van der Waals surface area contributed by atoms with E-state index in [-0.39, 0.29) is 11.8 Å². The summed E-state index contributed by atoms with van der Waals surface area (Å²) in [7, 11) is 0. The minimum atomic E-state index is 0.117. The molecule has 1 aromatic heterocycles. The molecule has 6 heteroatoms. The molecule has 2 aromatic rings. The van der Waals surface area contributed by atoms with Crippen LogP contribution in [0.3, 0.4) is 0 Å². The number of carbonyl (C=O) groups excluding carboxylic acids is 1. The smallest absolute Gasteiger partial charge is 0.224 e. The summed E-state index contributed by atoms with van der Waals surface area (Å²) in [5.74, 6) is 1.61. The fraction of sp³-hybridized carbons (Fsp3) is 0.640. The van der Waals surface area contributed by atoms with Gasteiger partial charge in [-0.1, -0.05) is 67.6 Å². The van der Waals surface area contributed by atoms with E-state index < -0.39 is 0 Å². The largest absolute Gasteiger partial charge is 0.352 e. The Morgan fingerprint density at radius 2 is 1.94 bits per heavy atom. The van der Waals surface area contributed by atoms with Crippen molar-refractivity contribution < 1.29 is 4.79 Å². The van der Waals surface area contributed by atoms with E-state index in [9.17, 15) is 4.79 Å². The summed E-state index contributed by atoms with van der Waals surface area (Å²) in [5.41, 5.74) is 2.31. The van der Waals surface area contributed by atoms with Gasteiger partial charge in [-0.25, -0.2) is 0 Å². The highest BCUT2D eigenvalue weighted by Gasteiger charge is 2.43. The van der Waals surface area contributed by atoms with Crippen molar-refractivity contribution in [3.8, 4) is 0 Å². The average molecular weight is 422 g/mol. The van der Waals surface area contributed by atoms with Crippen LogP contribution in [0.5, 0.6) is 0 Å². The Hall–Kier alpha value is -2.21. The van der Waals surface area contributed by atoms with E-state index in [0.29, 0.717) is 18.5 Å². The minimum Gasteiger partial charge on any atom is -0.352 e. The molecular formula is C25H35N5O. The number of hydrogen-bond donors (Lipinski definition) is 1. The van der Waals surface area contributed by atoms with Crippen molar-refractivity contribution in [2.75, 3.05) is 13.1 Å². The molecule has 4 aliphatic rings. The first-order valence-electron chi connectivity index (χ1n) is 12.2. The highest BCUT2D eigenvalue weighted by Crippen LogP contribution is 2.37. The third-order valence-electron chi connectivity index (χ3n) is 7.73. The summed E-state index contributed by atoms with van der Waals surface area (Å²) in [5, 5.41) is 12.1. The molecule has 1 aromatic carbocycles. The molecule has 4 atom stereocenters. The van der Waals surface area contributed by atoms with Gasteiger partial charge in [0.05, 0.1) is 18.2 Å². The van der Waals surface area contributed by atoms with Gasteiger partial charge in [0, 0.05) is 25.3 Å². The number of fused-ring (bicyclic) bond motifs is 3. The predicted molar refractivity (Wildman–Crippen MR) is 120 cm³/mol. The second-order valence-electron chi connectivity index (χ2n) is 9.88. The molecule has 3 saturated heterocycles. The zero-order chi connectivity index (χ0) is 21.0. The van der Waals surface area contributed by atoms with Crippen molar-refractivity contribution in [1.82, 2.24) is 25.2 Å². The lowest BCUT2D eigenvalue weighted by Crippen LogP contribution is -2.58. The van der Waals surface area contributed by atoms with Gasteiger partial charge in [-0.05, 0) is 43.2 Å². The molecule has 2 bridgehead atoms. The molecule has 31 heavy (non-hydrogen) atoms. The first-order valence-corrected chi connectivity index (χ1v) is 12.2. The zero-order valence-corrected chi connectivity index (χ0v) is 18.5. The van der Waals surface area contributed by atoms with E-state index >= 15 is 0 Å². The molecule has 1 aliphatic carbocycles. The van der Waals surface area contributed by atoms with E-state index in [1.807, 2.05) is 22.9 Å². The van der Waals surface area contributed by atoms with Gasteiger partial charge in [-0.3, -0.25) is 14.4 Å². The van der Waals surface area contributed by atoms with Crippen molar-refractivity contribution >= 4 is 5.91 Å². The van der Waals surface area contributed by atoms with Crippen LogP contribution >= 0.6 is 0 Å². The molecule has 1 saturated carbocycles. The fourth-order valence-corrected chi connectivity index (χ4v) is 5.97. The van der Waals surface area contributed by atoms with Crippen LogP contribution in [0.1, 0.15) is 56.2 Å². The Morgan fingerprint density at radius 3 is 2.71 bits per heavy atom. The van der Waals surface area contributed by atoms with E-state index in [1.54, 1.807) is 0 Å². The molecule has 0 spiro atoms. The predicted octanol–water partition coefficient (Wildman–Crippen LogP) is 3.43. The maximum atomic E-state index is 12.9. The highest BCUT2D eigenvalue weighted by atomic mass is 16.1. The number of nitrogens with zero attached hydrogens (tertiary/aromatic N) is 4. The molecule has 6 rings (SSSR count). The minimum absolute atomic E-state index is 0.117. The lowest BCUT2D eigenvalue weighted by molar-refractivity contribution is -0.133. The van der Waals surface area contributed by atoms with Crippen molar-refractivity contribution in [2.24, 2.45) is 17.8 Å². The van der Waals surface area contributed by atoms with Crippen molar-refractivity contribution in [3.05, 3.63) is 47.8 Å². The summed E-state index contributed by atoms with van der Waals surface area (Å²) in [4.78, 5) is 15.4. The first-order chi connectivity index (χ1) is 15.2. The van der Waals surface area contributed by atoms with Gasteiger partial charge in [0.1, 0.15) is 0 Å². The van der Waals surface area contributed by atoms with Crippen LogP contribution in [0.25, 0.3) is 0 Å². The summed E-state index contributed by atoms with van der Waals surface area (Å²) in [6.07, 6.45) is 12.3. The first kappa shape index (κ1) is 20.7. The van der Waals surface area contributed by atoms with Crippen molar-refractivity contribution in [1.29, 1.82) is 0 Å². The van der Waals surface area contributed by atoms with Crippen molar-refractivity contribution in [2.45, 2.75) is 70.5 Å². The summed E-state index contributed by atoms with van der Waals surface area (Å²) in [6.45, 7) is 3.49. The Balaban J connectivity index is 1.13. The van der Waals surface area contributed by atoms with Crippen LogP contribution in [0.4, 0.5) is 0 Å². The molecule has 4 unspecified atom stereocenters. The SMILES string of the molecule is O=C(NCc1ccccc1)C1CN2CCC1CC2Cn1cc(CC2CCCCC2)nn1. The van der Waals surface area contributed by atoms with Gasteiger partial charge >= 0.3 is 0 Å². The third kappa shape index (κ3) is 5.00. The number of rotatable bonds is 7. The highest BCUT2D eigenvalue weighted by molar-refractivity contribution is 5.79. The molecule has 4 fully saturated rings. The summed E-state index contributed by atoms with van der Waals surface area (Å²) < 4.78 is 2.05. The van der Waals surface area contributed by atoms with E-state index in [4.69, 9.17) is 0 Å². The number of benzene rings is 1. The number of nitrogens with one attached hydrogen (secondary N) is 1. The Labute approximate surface area is 185 Å². The molecular weight excluding hydrogens is 386 g/mol. The number of carbonyl (C=O) groups is 1. The molecule has 0 radical (unpaired) electrons. The van der Waals surface area contributed by atoms with Gasteiger partial charge in [0.15, 0.2) is 0 Å². The van der Waals surface area contributed by atoms with Crippen LogP contribution < -0.4 is 5.32 Å². The quantitative estimate of drug-likeness (QED) is 0.744. The number of piperidine rings is 3. The normalized spacial score (nSPS) is 28.5. The Kier molecular flexibility index (Phi) is 6.35. The molecule has 3 aliphatic heterocycles. The molecule has 6 nitrogen and oxygen atoms in total. The van der Waals surface area contributed by atoms with Crippen LogP contribution in [0.15, 0.2) is 36.5 Å². The Morgan fingerprint density at radius 1 is 1.10 bits per heavy atom. The number of aromatic nitrogens is 3.